The van der Waals surface area contributed by atoms with E-state index in [1.807, 2.05) is 74.2 Å². The van der Waals surface area contributed by atoms with Crippen LogP contribution >= 0.6 is 11.3 Å². The molecule has 0 unspecified atom stereocenters. The summed E-state index contributed by atoms with van der Waals surface area (Å²) in [6.45, 7) is 12.4. The maximum atomic E-state index is 14.0. The molecule has 3 atom stereocenters. The summed E-state index contributed by atoms with van der Waals surface area (Å²) in [5, 5.41) is 13.8. The van der Waals surface area contributed by atoms with E-state index in [-0.39, 0.29) is 41.8 Å². The van der Waals surface area contributed by atoms with Crippen LogP contribution < -0.4 is 21.3 Å². The van der Waals surface area contributed by atoms with E-state index in [2.05, 4.69) is 25.8 Å². The van der Waals surface area contributed by atoms with Gasteiger partial charge in [-0.1, -0.05) is 45.0 Å². The summed E-state index contributed by atoms with van der Waals surface area (Å²) in [4.78, 5) is 64.0. The molecule has 4 heterocycles. The van der Waals surface area contributed by atoms with Crippen LogP contribution in [0, 0.1) is 12.3 Å². The molecule has 15 heteroatoms. The van der Waals surface area contributed by atoms with Crippen molar-refractivity contribution in [3.05, 3.63) is 52.8 Å². The molecule has 1 aromatic carbocycles. The summed E-state index contributed by atoms with van der Waals surface area (Å²) in [6.07, 6.45) is 1.26. The largest absolute Gasteiger partial charge is 0.464 e. The number of anilines is 2. The number of thiazole rings is 1. The molecule has 0 radical (unpaired) electrons. The molecular weight excluding hydrogens is 659 g/mol. The summed E-state index contributed by atoms with van der Waals surface area (Å²) in [5.74, 6) is -1.12. The highest BCUT2D eigenvalue weighted by molar-refractivity contribution is 7.13. The van der Waals surface area contributed by atoms with Gasteiger partial charge in [0.1, 0.15) is 12.1 Å². The first kappa shape index (κ1) is 36.6. The Hall–Kier alpha value is -4.63. The quantitative estimate of drug-likeness (QED) is 0.265. The second-order valence-corrected chi connectivity index (χ2v) is 14.8. The van der Waals surface area contributed by atoms with E-state index in [0.29, 0.717) is 51.3 Å². The number of nitrogens with one attached hydrogen (secondary N) is 2. The van der Waals surface area contributed by atoms with Crippen molar-refractivity contribution in [3.8, 4) is 10.4 Å². The number of hydrogen-bond acceptors (Lipinski definition) is 12. The standard InChI is InChI=1S/C35H47N9O5S/c1-21(23-9-11-24(12-10-23)29-22(2)37-20-50-29)38-32(46)26-8-7-13-44(26)33(47)30(35(3,4)5)39-28(45)19-42-14-16-43(17-15-42)27-18-25(34(48)49-6)40-41-31(27)36/h9-12,18,20-21,26,30H,7-8,13-17,19H2,1-6H3,(H2,36,41)(H,38,46)(H,39,45)/t21-,26-,30+/m1/s1. The van der Waals surface area contributed by atoms with Crippen molar-refractivity contribution >= 4 is 46.5 Å². The molecule has 268 valence electrons. The van der Waals surface area contributed by atoms with Gasteiger partial charge < -0.3 is 30.9 Å². The molecule has 50 heavy (non-hydrogen) atoms. The third-order valence-electron chi connectivity index (χ3n) is 9.31. The van der Waals surface area contributed by atoms with Gasteiger partial charge >= 0.3 is 5.97 Å². The van der Waals surface area contributed by atoms with Crippen molar-refractivity contribution in [2.75, 3.05) is 57.0 Å². The number of likely N-dealkylation sites (tertiary alicyclic amines) is 1. The number of esters is 1. The first-order valence-electron chi connectivity index (χ1n) is 16.9. The normalized spacial score (nSPS) is 18.0. The number of ether oxygens (including phenoxy) is 1. The number of amides is 3. The van der Waals surface area contributed by atoms with Crippen LogP contribution in [-0.4, -0.2) is 107 Å². The van der Waals surface area contributed by atoms with Crippen LogP contribution in [0.2, 0.25) is 0 Å². The zero-order valence-corrected chi connectivity index (χ0v) is 30.4. The van der Waals surface area contributed by atoms with Crippen LogP contribution in [0.15, 0.2) is 35.8 Å². The van der Waals surface area contributed by atoms with E-state index in [1.54, 1.807) is 22.3 Å². The molecule has 0 aliphatic carbocycles. The van der Waals surface area contributed by atoms with Crippen LogP contribution in [0.3, 0.4) is 0 Å². The number of aryl methyl sites for hydroxylation is 1. The van der Waals surface area contributed by atoms with Gasteiger partial charge in [0.15, 0.2) is 11.5 Å². The fourth-order valence-electron chi connectivity index (χ4n) is 6.42. The number of nitrogen functional groups attached to an aromatic ring is 1. The van der Waals surface area contributed by atoms with Gasteiger partial charge in [0.05, 0.1) is 41.5 Å². The van der Waals surface area contributed by atoms with E-state index >= 15 is 0 Å². The summed E-state index contributed by atoms with van der Waals surface area (Å²) >= 11 is 1.60. The van der Waals surface area contributed by atoms with E-state index < -0.39 is 23.5 Å². The summed E-state index contributed by atoms with van der Waals surface area (Å²) in [6, 6.07) is 7.97. The average molecular weight is 706 g/mol. The van der Waals surface area contributed by atoms with Gasteiger partial charge in [-0.15, -0.1) is 21.5 Å². The molecule has 2 saturated heterocycles. The first-order chi connectivity index (χ1) is 23.8. The Morgan fingerprint density at radius 2 is 1.74 bits per heavy atom. The highest BCUT2D eigenvalue weighted by Gasteiger charge is 2.42. The van der Waals surface area contributed by atoms with Crippen molar-refractivity contribution in [1.29, 1.82) is 0 Å². The monoisotopic (exact) mass is 705 g/mol. The van der Waals surface area contributed by atoms with Crippen molar-refractivity contribution in [3.63, 3.8) is 0 Å². The van der Waals surface area contributed by atoms with Gasteiger partial charge in [0.2, 0.25) is 17.7 Å². The van der Waals surface area contributed by atoms with Crippen LogP contribution in [-0.2, 0) is 19.1 Å². The van der Waals surface area contributed by atoms with Crippen molar-refractivity contribution < 1.29 is 23.9 Å². The molecule has 4 N–H and O–H groups in total. The fourth-order valence-corrected chi connectivity index (χ4v) is 7.23. The van der Waals surface area contributed by atoms with Crippen LogP contribution in [0.25, 0.3) is 10.4 Å². The minimum absolute atomic E-state index is 0.0663. The minimum atomic E-state index is -0.815. The highest BCUT2D eigenvalue weighted by Crippen LogP contribution is 2.30. The predicted octanol–water partition coefficient (Wildman–Crippen LogP) is 2.80. The van der Waals surface area contributed by atoms with Crippen molar-refractivity contribution in [1.82, 2.24) is 35.6 Å². The van der Waals surface area contributed by atoms with Crippen LogP contribution in [0.5, 0.6) is 0 Å². The zero-order chi connectivity index (χ0) is 36.2. The molecule has 2 aromatic heterocycles. The second-order valence-electron chi connectivity index (χ2n) is 13.9. The Balaban J connectivity index is 1.17. The lowest BCUT2D eigenvalue weighted by Gasteiger charge is -2.38. The summed E-state index contributed by atoms with van der Waals surface area (Å²) < 4.78 is 4.75. The Morgan fingerprint density at radius 1 is 1.04 bits per heavy atom. The number of aromatic nitrogens is 3. The molecule has 2 aliphatic heterocycles. The van der Waals surface area contributed by atoms with Crippen LogP contribution in [0.1, 0.15) is 68.3 Å². The number of carbonyl (C=O) groups is 4. The molecule has 14 nitrogen and oxygen atoms in total. The topological polar surface area (TPSA) is 176 Å². The molecule has 3 amide bonds. The number of piperazine rings is 1. The Bertz CT molecular complexity index is 1700. The number of methoxy groups -OCH3 is 1. The van der Waals surface area contributed by atoms with E-state index in [1.165, 1.54) is 7.11 Å². The van der Waals surface area contributed by atoms with Gasteiger partial charge in [-0.25, -0.2) is 9.78 Å². The van der Waals surface area contributed by atoms with E-state index in [0.717, 1.165) is 21.7 Å². The molecule has 0 spiro atoms. The van der Waals surface area contributed by atoms with Crippen LogP contribution in [0.4, 0.5) is 11.5 Å². The Labute approximate surface area is 296 Å². The molecule has 5 rings (SSSR count). The smallest absolute Gasteiger partial charge is 0.358 e. The first-order valence-corrected chi connectivity index (χ1v) is 17.7. The van der Waals surface area contributed by atoms with E-state index in [9.17, 15) is 19.2 Å². The van der Waals surface area contributed by atoms with Crippen molar-refractivity contribution in [2.24, 2.45) is 5.41 Å². The maximum Gasteiger partial charge on any atom is 0.358 e. The Kier molecular flexibility index (Phi) is 11.4. The third-order valence-corrected chi connectivity index (χ3v) is 10.3. The third kappa shape index (κ3) is 8.38. The predicted molar refractivity (Wildman–Crippen MR) is 191 cm³/mol. The van der Waals surface area contributed by atoms with Gasteiger partial charge in [0, 0.05) is 38.8 Å². The molecular formula is C35H47N9O5S. The fraction of sp³-hybridized carbons (Fsp3) is 0.514. The lowest BCUT2D eigenvalue weighted by atomic mass is 9.85. The molecule has 0 saturated carbocycles. The lowest BCUT2D eigenvalue weighted by Crippen LogP contribution is -2.59. The number of hydrogen-bond donors (Lipinski definition) is 3. The second kappa shape index (κ2) is 15.5. The lowest BCUT2D eigenvalue weighted by molar-refractivity contribution is -0.144. The van der Waals surface area contributed by atoms with Crippen molar-refractivity contribution in [2.45, 2.75) is 65.6 Å². The zero-order valence-electron chi connectivity index (χ0n) is 29.6. The highest BCUT2D eigenvalue weighted by atomic mass is 32.1. The average Bonchev–Trinajstić information content (AvgIpc) is 3.76. The number of benzene rings is 1. The minimum Gasteiger partial charge on any atom is -0.464 e. The summed E-state index contributed by atoms with van der Waals surface area (Å²) in [5.41, 5.74) is 11.0. The number of carbonyl (C=O) groups excluding carboxylic acids is 4. The number of nitrogens with two attached hydrogens (primary N) is 1. The summed E-state index contributed by atoms with van der Waals surface area (Å²) in [7, 11) is 1.27. The number of rotatable bonds is 10. The molecule has 2 fully saturated rings. The molecule has 0 bridgehead atoms. The number of nitrogens with zero attached hydrogens (tertiary/aromatic N) is 6. The maximum absolute atomic E-state index is 14.0. The van der Waals surface area contributed by atoms with Gasteiger partial charge in [0.25, 0.3) is 0 Å². The SMILES string of the molecule is COC(=O)c1cc(N2CCN(CC(=O)N[C@@H](C(=O)N3CCC[C@@H]3C(=O)N[C@H](C)c3ccc(-c4scnc4C)cc3)C(C)(C)C)CC2)c(N)nn1. The van der Waals surface area contributed by atoms with Gasteiger partial charge in [-0.3, -0.25) is 19.3 Å². The molecule has 3 aromatic rings. The Morgan fingerprint density at radius 3 is 2.36 bits per heavy atom. The molecule has 2 aliphatic rings. The van der Waals surface area contributed by atoms with Gasteiger partial charge in [-0.05, 0) is 43.2 Å². The van der Waals surface area contributed by atoms with Gasteiger partial charge in [-0.2, -0.15) is 0 Å². The van der Waals surface area contributed by atoms with E-state index in [4.69, 9.17) is 10.5 Å².